The van der Waals surface area contributed by atoms with Gasteiger partial charge in [0.25, 0.3) is 0 Å². The van der Waals surface area contributed by atoms with Crippen LogP contribution in [0.2, 0.25) is 0 Å². The summed E-state index contributed by atoms with van der Waals surface area (Å²) < 4.78 is 11.9. The molecule has 1 saturated carbocycles. The first-order valence-electron chi connectivity index (χ1n) is 9.79. The van der Waals surface area contributed by atoms with Gasteiger partial charge >= 0.3 is 0 Å². The second-order valence-electron chi connectivity index (χ2n) is 7.79. The molecule has 1 aliphatic carbocycles. The second kappa shape index (κ2) is 8.55. The third-order valence-electron chi connectivity index (χ3n) is 5.31. The van der Waals surface area contributed by atoms with Crippen molar-refractivity contribution in [3.63, 3.8) is 0 Å². The third kappa shape index (κ3) is 4.67. The largest absolute Gasteiger partial charge is 0.497 e. The molecular formula is C21H31NO3S. The highest BCUT2D eigenvalue weighted by Crippen LogP contribution is 2.51. The van der Waals surface area contributed by atoms with Gasteiger partial charge in [0.15, 0.2) is 0 Å². The van der Waals surface area contributed by atoms with E-state index < -0.39 is 0 Å². The van der Waals surface area contributed by atoms with Crippen molar-refractivity contribution >= 4 is 17.7 Å². The minimum Gasteiger partial charge on any atom is -0.497 e. The molecule has 1 fully saturated rings. The average molecular weight is 378 g/mol. The summed E-state index contributed by atoms with van der Waals surface area (Å²) in [6.07, 6.45) is 7.69. The van der Waals surface area contributed by atoms with Gasteiger partial charge in [-0.1, -0.05) is 6.42 Å². The fourth-order valence-electron chi connectivity index (χ4n) is 4.06. The smallest absolute Gasteiger partial charge is 0.221 e. The maximum absolute atomic E-state index is 12.0. The van der Waals surface area contributed by atoms with Crippen LogP contribution < -0.4 is 14.8 Å². The van der Waals surface area contributed by atoms with Crippen molar-refractivity contribution < 1.29 is 14.3 Å². The van der Waals surface area contributed by atoms with Gasteiger partial charge in [0.2, 0.25) is 5.91 Å². The Kier molecular flexibility index (Phi) is 6.38. The number of hydrogen-bond donors (Lipinski definition) is 1. The van der Waals surface area contributed by atoms with Gasteiger partial charge in [-0.05, 0) is 57.7 Å². The summed E-state index contributed by atoms with van der Waals surface area (Å²) in [7, 11) is 1.70. The van der Waals surface area contributed by atoms with Gasteiger partial charge in [0, 0.05) is 35.4 Å². The van der Waals surface area contributed by atoms with E-state index in [0.29, 0.717) is 11.7 Å². The van der Waals surface area contributed by atoms with Crippen LogP contribution in [0, 0.1) is 0 Å². The minimum absolute atomic E-state index is 0.0162. The molecule has 3 rings (SSSR count). The van der Waals surface area contributed by atoms with Crippen molar-refractivity contribution in [3.05, 3.63) is 23.8 Å². The van der Waals surface area contributed by atoms with Crippen molar-refractivity contribution in [2.75, 3.05) is 12.9 Å². The number of fused-ring (bicyclic) bond motifs is 1. The molecule has 1 aliphatic heterocycles. The Morgan fingerprint density at radius 1 is 1.35 bits per heavy atom. The second-order valence-corrected chi connectivity index (χ2v) is 9.10. The van der Waals surface area contributed by atoms with Crippen molar-refractivity contribution in [3.8, 4) is 11.5 Å². The number of carbonyl (C=O) groups is 1. The van der Waals surface area contributed by atoms with Crippen LogP contribution in [0.25, 0.3) is 0 Å². The molecule has 1 heterocycles. The van der Waals surface area contributed by atoms with Crippen molar-refractivity contribution in [1.29, 1.82) is 0 Å². The Bertz CT molecular complexity index is 626. The lowest BCUT2D eigenvalue weighted by Crippen LogP contribution is -2.42. The highest BCUT2D eigenvalue weighted by Gasteiger charge is 2.42. The van der Waals surface area contributed by atoms with Crippen LogP contribution >= 0.6 is 11.8 Å². The number of thioether (sulfide) groups is 1. The first-order valence-corrected chi connectivity index (χ1v) is 10.8. The molecule has 1 aromatic carbocycles. The van der Waals surface area contributed by atoms with Gasteiger partial charge in [-0.2, -0.15) is 11.8 Å². The van der Waals surface area contributed by atoms with Crippen LogP contribution in [0.15, 0.2) is 18.2 Å². The predicted octanol–water partition coefficient (Wildman–Crippen LogP) is 4.87. The van der Waals surface area contributed by atoms with Crippen LogP contribution in [-0.2, 0) is 4.79 Å². The number of hydrogen-bond acceptors (Lipinski definition) is 4. The van der Waals surface area contributed by atoms with E-state index in [1.54, 1.807) is 7.11 Å². The number of rotatable bonds is 6. The highest BCUT2D eigenvalue weighted by atomic mass is 32.2. The molecule has 2 aliphatic rings. The molecule has 26 heavy (non-hydrogen) atoms. The quantitative estimate of drug-likeness (QED) is 0.768. The Hall–Kier alpha value is -1.36. The summed E-state index contributed by atoms with van der Waals surface area (Å²) in [4.78, 5) is 12.0. The summed E-state index contributed by atoms with van der Waals surface area (Å²) in [5, 5.41) is 3.34. The number of amides is 1. The van der Waals surface area contributed by atoms with Crippen molar-refractivity contribution in [2.45, 2.75) is 75.7 Å². The number of nitrogens with one attached hydrogen (secondary N) is 1. The number of carbonyl (C=O) groups excluding carboxylic acids is 1. The molecular weight excluding hydrogens is 346 g/mol. The average Bonchev–Trinajstić information content (AvgIpc) is 2.61. The van der Waals surface area contributed by atoms with Crippen molar-refractivity contribution in [1.82, 2.24) is 5.32 Å². The Morgan fingerprint density at radius 2 is 2.12 bits per heavy atom. The van der Waals surface area contributed by atoms with Gasteiger partial charge in [0.05, 0.1) is 7.11 Å². The van der Waals surface area contributed by atoms with E-state index in [-0.39, 0.29) is 17.6 Å². The summed E-state index contributed by atoms with van der Waals surface area (Å²) in [5.41, 5.74) is 1.20. The predicted molar refractivity (Wildman–Crippen MR) is 107 cm³/mol. The number of methoxy groups -OCH3 is 1. The molecule has 0 bridgehead atoms. The van der Waals surface area contributed by atoms with Gasteiger partial charge in [-0.3, -0.25) is 4.79 Å². The van der Waals surface area contributed by atoms with Gasteiger partial charge in [-0.25, -0.2) is 0 Å². The Morgan fingerprint density at radius 3 is 2.81 bits per heavy atom. The molecule has 0 radical (unpaired) electrons. The summed E-state index contributed by atoms with van der Waals surface area (Å²) >= 11 is 1.89. The SMILES string of the molecule is COc1ccc2c(c1)C(SCCC(=O)NC(C)C)CC1(CCCCC1)O2. The van der Waals surface area contributed by atoms with E-state index in [2.05, 4.69) is 17.4 Å². The molecule has 0 saturated heterocycles. The fraction of sp³-hybridized carbons (Fsp3) is 0.667. The zero-order chi connectivity index (χ0) is 18.6. The summed E-state index contributed by atoms with van der Waals surface area (Å²) in [6, 6.07) is 6.35. The maximum atomic E-state index is 12.0. The zero-order valence-corrected chi connectivity index (χ0v) is 17.0. The third-order valence-corrected chi connectivity index (χ3v) is 6.57. The summed E-state index contributed by atoms with van der Waals surface area (Å²) in [6.45, 7) is 4.00. The van der Waals surface area contributed by atoms with E-state index in [1.807, 2.05) is 31.7 Å². The number of ether oxygens (including phenoxy) is 2. The molecule has 144 valence electrons. The van der Waals surface area contributed by atoms with Gasteiger partial charge in [0.1, 0.15) is 17.1 Å². The van der Waals surface area contributed by atoms with E-state index in [9.17, 15) is 4.79 Å². The lowest BCUT2D eigenvalue weighted by atomic mass is 9.78. The highest BCUT2D eigenvalue weighted by molar-refractivity contribution is 7.99. The molecule has 1 N–H and O–H groups in total. The zero-order valence-electron chi connectivity index (χ0n) is 16.2. The maximum Gasteiger partial charge on any atom is 0.221 e. The summed E-state index contributed by atoms with van der Waals surface area (Å²) in [5.74, 6) is 2.84. The molecule has 0 aromatic heterocycles. The van der Waals surface area contributed by atoms with Gasteiger partial charge in [-0.15, -0.1) is 0 Å². The van der Waals surface area contributed by atoms with Crippen LogP contribution in [0.4, 0.5) is 0 Å². The Balaban J connectivity index is 1.72. The minimum atomic E-state index is -0.0162. The van der Waals surface area contributed by atoms with Crippen LogP contribution in [-0.4, -0.2) is 30.4 Å². The molecule has 4 nitrogen and oxygen atoms in total. The van der Waals surface area contributed by atoms with E-state index in [0.717, 1.165) is 36.5 Å². The fourth-order valence-corrected chi connectivity index (χ4v) is 5.43. The van der Waals surface area contributed by atoms with E-state index in [1.165, 1.54) is 24.8 Å². The molecule has 1 aromatic rings. The lowest BCUT2D eigenvalue weighted by Gasteiger charge is -2.44. The first kappa shape index (κ1) is 19.4. The standard InChI is InChI=1S/C21H31NO3S/c1-15(2)22-20(23)9-12-26-19-14-21(10-5-4-6-11-21)25-18-8-7-16(24-3)13-17(18)19/h7-8,13,15,19H,4-6,9-12,14H2,1-3H3,(H,22,23). The van der Waals surface area contributed by atoms with Crippen LogP contribution in [0.5, 0.6) is 11.5 Å². The molecule has 1 atom stereocenters. The number of benzene rings is 1. The van der Waals surface area contributed by atoms with E-state index in [4.69, 9.17) is 9.47 Å². The monoisotopic (exact) mass is 377 g/mol. The lowest BCUT2D eigenvalue weighted by molar-refractivity contribution is -0.121. The van der Waals surface area contributed by atoms with Gasteiger partial charge < -0.3 is 14.8 Å². The van der Waals surface area contributed by atoms with Crippen LogP contribution in [0.3, 0.4) is 0 Å². The van der Waals surface area contributed by atoms with Crippen LogP contribution in [0.1, 0.15) is 69.6 Å². The Labute approximate surface area is 161 Å². The molecule has 5 heteroatoms. The topological polar surface area (TPSA) is 47.6 Å². The normalized spacial score (nSPS) is 21.2. The molecule has 1 spiro atoms. The molecule has 1 amide bonds. The van der Waals surface area contributed by atoms with E-state index >= 15 is 0 Å². The molecule has 1 unspecified atom stereocenters. The first-order chi connectivity index (χ1) is 12.5. The van der Waals surface area contributed by atoms with Crippen molar-refractivity contribution in [2.24, 2.45) is 0 Å².